The van der Waals surface area contributed by atoms with Crippen LogP contribution in [0.4, 0.5) is 0 Å². The Labute approximate surface area is 98.6 Å². The van der Waals surface area contributed by atoms with E-state index in [-0.39, 0.29) is 24.6 Å². The highest BCUT2D eigenvalue weighted by Gasteiger charge is 2.15. The van der Waals surface area contributed by atoms with E-state index in [9.17, 15) is 4.79 Å². The minimum atomic E-state index is 0.0628. The lowest BCUT2D eigenvalue weighted by Gasteiger charge is -2.21. The van der Waals surface area contributed by atoms with Gasteiger partial charge in [-0.05, 0) is 32.1 Å². The van der Waals surface area contributed by atoms with Crippen molar-refractivity contribution in [2.45, 2.75) is 58.5 Å². The molecule has 0 heterocycles. The fraction of sp³-hybridized carbons (Fsp3) is 0.917. The van der Waals surface area contributed by atoms with Gasteiger partial charge in [-0.3, -0.25) is 4.79 Å². The van der Waals surface area contributed by atoms with Crippen LogP contribution in [0.2, 0.25) is 0 Å². The smallest absolute Gasteiger partial charge is 0.220 e. The molecule has 4 nitrogen and oxygen atoms in total. The van der Waals surface area contributed by atoms with Gasteiger partial charge in [0, 0.05) is 25.1 Å². The number of nitrogens with two attached hydrogens (primary N) is 1. The van der Waals surface area contributed by atoms with Crippen molar-refractivity contribution >= 4 is 5.91 Å². The van der Waals surface area contributed by atoms with Gasteiger partial charge in [0.05, 0.1) is 0 Å². The summed E-state index contributed by atoms with van der Waals surface area (Å²) >= 11 is 0. The van der Waals surface area contributed by atoms with E-state index in [4.69, 9.17) is 10.8 Å². The SMILES string of the molecule is CC(N)CCCC(=O)NC(CCO)C(C)C. The van der Waals surface area contributed by atoms with Crippen molar-refractivity contribution in [3.63, 3.8) is 0 Å². The van der Waals surface area contributed by atoms with Crippen molar-refractivity contribution in [2.75, 3.05) is 6.61 Å². The Morgan fingerprint density at radius 2 is 1.94 bits per heavy atom. The van der Waals surface area contributed by atoms with Gasteiger partial charge in [-0.2, -0.15) is 0 Å². The molecule has 4 heteroatoms. The highest BCUT2D eigenvalue weighted by molar-refractivity contribution is 5.76. The molecule has 0 bridgehead atoms. The average molecular weight is 230 g/mol. The molecular formula is C12H26N2O2. The maximum Gasteiger partial charge on any atom is 0.220 e. The fourth-order valence-electron chi connectivity index (χ4n) is 1.57. The Balaban J connectivity index is 3.82. The molecule has 0 radical (unpaired) electrons. The van der Waals surface area contributed by atoms with Crippen LogP contribution >= 0.6 is 0 Å². The van der Waals surface area contributed by atoms with E-state index in [0.29, 0.717) is 18.8 Å². The van der Waals surface area contributed by atoms with Crippen LogP contribution < -0.4 is 11.1 Å². The lowest BCUT2D eigenvalue weighted by molar-refractivity contribution is -0.122. The third-order valence-corrected chi connectivity index (χ3v) is 2.65. The molecule has 0 aromatic rings. The zero-order valence-electron chi connectivity index (χ0n) is 10.7. The summed E-state index contributed by atoms with van der Waals surface area (Å²) in [5.74, 6) is 0.414. The highest BCUT2D eigenvalue weighted by atomic mass is 16.3. The minimum absolute atomic E-state index is 0.0628. The van der Waals surface area contributed by atoms with Crippen LogP contribution in [-0.4, -0.2) is 29.7 Å². The van der Waals surface area contributed by atoms with E-state index >= 15 is 0 Å². The molecule has 96 valence electrons. The number of hydrogen-bond donors (Lipinski definition) is 3. The van der Waals surface area contributed by atoms with Crippen LogP contribution in [0.1, 0.15) is 46.5 Å². The average Bonchev–Trinajstić information content (AvgIpc) is 2.16. The minimum Gasteiger partial charge on any atom is -0.396 e. The fourth-order valence-corrected chi connectivity index (χ4v) is 1.57. The van der Waals surface area contributed by atoms with E-state index in [1.807, 2.05) is 20.8 Å². The van der Waals surface area contributed by atoms with Gasteiger partial charge in [-0.25, -0.2) is 0 Å². The molecule has 0 aliphatic carbocycles. The third kappa shape index (κ3) is 7.65. The van der Waals surface area contributed by atoms with Crippen molar-refractivity contribution in [3.8, 4) is 0 Å². The molecule has 0 fully saturated rings. The van der Waals surface area contributed by atoms with Crippen molar-refractivity contribution < 1.29 is 9.90 Å². The second-order valence-corrected chi connectivity index (χ2v) is 4.80. The standard InChI is InChI=1S/C12H26N2O2/c1-9(2)11(7-8-15)14-12(16)6-4-5-10(3)13/h9-11,15H,4-8,13H2,1-3H3,(H,14,16). The summed E-state index contributed by atoms with van der Waals surface area (Å²) in [5.41, 5.74) is 5.61. The summed E-state index contributed by atoms with van der Waals surface area (Å²) in [6.45, 7) is 6.15. The van der Waals surface area contributed by atoms with Gasteiger partial charge in [-0.1, -0.05) is 13.8 Å². The molecule has 0 spiro atoms. The summed E-state index contributed by atoms with van der Waals surface area (Å²) < 4.78 is 0. The zero-order chi connectivity index (χ0) is 12.6. The Bertz CT molecular complexity index is 193. The third-order valence-electron chi connectivity index (χ3n) is 2.65. The number of nitrogens with one attached hydrogen (secondary N) is 1. The van der Waals surface area contributed by atoms with Gasteiger partial charge < -0.3 is 16.2 Å². The molecular weight excluding hydrogens is 204 g/mol. The molecule has 0 rings (SSSR count). The normalized spacial score (nSPS) is 14.9. The number of aliphatic hydroxyl groups is 1. The first-order valence-corrected chi connectivity index (χ1v) is 6.13. The van der Waals surface area contributed by atoms with E-state index in [2.05, 4.69) is 5.32 Å². The molecule has 0 aromatic carbocycles. The van der Waals surface area contributed by atoms with Gasteiger partial charge in [0.1, 0.15) is 0 Å². The number of carbonyl (C=O) groups is 1. The van der Waals surface area contributed by atoms with Crippen LogP contribution in [0, 0.1) is 5.92 Å². The monoisotopic (exact) mass is 230 g/mol. The summed E-state index contributed by atoms with van der Waals surface area (Å²) in [6, 6.07) is 0.235. The lowest BCUT2D eigenvalue weighted by Crippen LogP contribution is -2.39. The summed E-state index contributed by atoms with van der Waals surface area (Å²) in [4.78, 5) is 11.6. The van der Waals surface area contributed by atoms with E-state index in [0.717, 1.165) is 12.8 Å². The molecule has 2 unspecified atom stereocenters. The maximum atomic E-state index is 11.6. The van der Waals surface area contributed by atoms with E-state index in [1.54, 1.807) is 0 Å². The van der Waals surface area contributed by atoms with Crippen molar-refractivity contribution in [2.24, 2.45) is 11.7 Å². The molecule has 0 saturated carbocycles. The quantitative estimate of drug-likeness (QED) is 0.583. The highest BCUT2D eigenvalue weighted by Crippen LogP contribution is 2.07. The van der Waals surface area contributed by atoms with Crippen LogP contribution in [0.3, 0.4) is 0 Å². The predicted octanol–water partition coefficient (Wildman–Crippen LogP) is 1.03. The first kappa shape index (κ1) is 15.4. The molecule has 16 heavy (non-hydrogen) atoms. The molecule has 4 N–H and O–H groups in total. The first-order chi connectivity index (χ1) is 7.47. The molecule has 0 aliphatic heterocycles. The largest absolute Gasteiger partial charge is 0.396 e. The van der Waals surface area contributed by atoms with Gasteiger partial charge in [0.2, 0.25) is 5.91 Å². The van der Waals surface area contributed by atoms with Gasteiger partial charge in [0.25, 0.3) is 0 Å². The summed E-state index contributed by atoms with van der Waals surface area (Å²) in [6.07, 6.45) is 2.85. The first-order valence-electron chi connectivity index (χ1n) is 6.13. The van der Waals surface area contributed by atoms with E-state index < -0.39 is 0 Å². The molecule has 0 aliphatic rings. The second kappa shape index (κ2) is 8.53. The van der Waals surface area contributed by atoms with Crippen LogP contribution in [0.15, 0.2) is 0 Å². The number of aliphatic hydroxyl groups excluding tert-OH is 1. The van der Waals surface area contributed by atoms with Crippen LogP contribution in [0.5, 0.6) is 0 Å². The van der Waals surface area contributed by atoms with Crippen LogP contribution in [-0.2, 0) is 4.79 Å². The van der Waals surface area contributed by atoms with E-state index in [1.165, 1.54) is 0 Å². The topological polar surface area (TPSA) is 75.4 Å². The van der Waals surface area contributed by atoms with Crippen molar-refractivity contribution in [1.29, 1.82) is 0 Å². The molecule has 1 amide bonds. The molecule has 2 atom stereocenters. The summed E-state index contributed by atoms with van der Waals surface area (Å²) in [5, 5.41) is 11.8. The Morgan fingerprint density at radius 1 is 1.31 bits per heavy atom. The number of amides is 1. The van der Waals surface area contributed by atoms with Crippen LogP contribution in [0.25, 0.3) is 0 Å². The Morgan fingerprint density at radius 3 is 2.38 bits per heavy atom. The number of carbonyl (C=O) groups excluding carboxylic acids is 1. The van der Waals surface area contributed by atoms with Gasteiger partial charge >= 0.3 is 0 Å². The Hall–Kier alpha value is -0.610. The lowest BCUT2D eigenvalue weighted by atomic mass is 10.0. The van der Waals surface area contributed by atoms with Crippen molar-refractivity contribution in [1.82, 2.24) is 5.32 Å². The molecule has 0 aromatic heterocycles. The van der Waals surface area contributed by atoms with Gasteiger partial charge in [-0.15, -0.1) is 0 Å². The number of rotatable bonds is 8. The molecule has 0 saturated heterocycles. The zero-order valence-corrected chi connectivity index (χ0v) is 10.7. The van der Waals surface area contributed by atoms with Gasteiger partial charge in [0.15, 0.2) is 0 Å². The van der Waals surface area contributed by atoms with Crippen molar-refractivity contribution in [3.05, 3.63) is 0 Å². The Kier molecular flexibility index (Phi) is 8.21. The maximum absolute atomic E-state index is 11.6. The second-order valence-electron chi connectivity index (χ2n) is 4.80. The number of hydrogen-bond acceptors (Lipinski definition) is 3. The summed E-state index contributed by atoms with van der Waals surface area (Å²) in [7, 11) is 0. The predicted molar refractivity (Wildman–Crippen MR) is 66.0 cm³/mol.